The predicted octanol–water partition coefficient (Wildman–Crippen LogP) is 4.49. The number of anilines is 1. The van der Waals surface area contributed by atoms with Crippen LogP contribution in [0.3, 0.4) is 0 Å². The normalized spacial score (nSPS) is 11.7. The van der Waals surface area contributed by atoms with E-state index < -0.39 is 22.7 Å². The molecule has 0 saturated heterocycles. The number of aromatic nitrogens is 2. The van der Waals surface area contributed by atoms with Crippen LogP contribution in [0.15, 0.2) is 42.5 Å². The van der Waals surface area contributed by atoms with E-state index in [0.29, 0.717) is 10.9 Å². The van der Waals surface area contributed by atoms with Gasteiger partial charge in [-0.25, -0.2) is 0 Å². The van der Waals surface area contributed by atoms with E-state index in [4.69, 9.17) is 11.6 Å². The largest absolute Gasteiger partial charge is 0.417 e. The standard InChI is InChI=1S/C15H9ClF3N3O/c16-11-6-5-8(7-10(11)15(17,18)19)20-14(23)13-9-3-1-2-4-12(9)21-22-13/h1-7H,(H,20,23)(H,21,22). The zero-order valence-electron chi connectivity index (χ0n) is 11.4. The molecule has 3 aromatic rings. The summed E-state index contributed by atoms with van der Waals surface area (Å²) in [5.41, 5.74) is -0.267. The van der Waals surface area contributed by atoms with Crippen LogP contribution in [0, 0.1) is 0 Å². The van der Waals surface area contributed by atoms with Crippen molar-refractivity contribution in [3.63, 3.8) is 0 Å². The summed E-state index contributed by atoms with van der Waals surface area (Å²) in [5, 5.41) is 9.13. The molecular weight excluding hydrogens is 331 g/mol. The Labute approximate surface area is 133 Å². The summed E-state index contributed by atoms with van der Waals surface area (Å²) in [7, 11) is 0. The smallest absolute Gasteiger partial charge is 0.321 e. The molecule has 0 aliphatic carbocycles. The van der Waals surface area contributed by atoms with Crippen LogP contribution in [0.4, 0.5) is 18.9 Å². The van der Waals surface area contributed by atoms with Gasteiger partial charge in [-0.15, -0.1) is 0 Å². The molecule has 0 fully saturated rings. The van der Waals surface area contributed by atoms with E-state index in [1.54, 1.807) is 24.3 Å². The summed E-state index contributed by atoms with van der Waals surface area (Å²) in [4.78, 5) is 12.2. The van der Waals surface area contributed by atoms with Gasteiger partial charge in [0, 0.05) is 11.1 Å². The lowest BCUT2D eigenvalue weighted by Gasteiger charge is -2.11. The van der Waals surface area contributed by atoms with Crippen LogP contribution in [0.1, 0.15) is 16.1 Å². The van der Waals surface area contributed by atoms with Crippen molar-refractivity contribution in [3.8, 4) is 0 Å². The minimum Gasteiger partial charge on any atom is -0.321 e. The van der Waals surface area contributed by atoms with Crippen LogP contribution in [0.25, 0.3) is 10.9 Å². The first-order valence-corrected chi connectivity index (χ1v) is 6.85. The highest BCUT2D eigenvalue weighted by Gasteiger charge is 2.33. The molecule has 2 N–H and O–H groups in total. The Bertz CT molecular complexity index is 889. The number of aromatic amines is 1. The van der Waals surface area contributed by atoms with Crippen LogP contribution in [0.2, 0.25) is 5.02 Å². The molecule has 0 unspecified atom stereocenters. The molecule has 0 atom stereocenters. The number of hydrogen-bond acceptors (Lipinski definition) is 2. The van der Waals surface area contributed by atoms with E-state index in [1.807, 2.05) is 0 Å². The zero-order chi connectivity index (χ0) is 16.6. The highest BCUT2D eigenvalue weighted by molar-refractivity contribution is 6.31. The quantitative estimate of drug-likeness (QED) is 0.723. The number of H-pyrrole nitrogens is 1. The lowest BCUT2D eigenvalue weighted by molar-refractivity contribution is -0.137. The fourth-order valence-corrected chi connectivity index (χ4v) is 2.37. The minimum atomic E-state index is -4.60. The van der Waals surface area contributed by atoms with Crippen LogP contribution in [0.5, 0.6) is 0 Å². The Hall–Kier alpha value is -2.54. The maximum absolute atomic E-state index is 12.8. The molecule has 0 radical (unpaired) electrons. The van der Waals surface area contributed by atoms with Gasteiger partial charge in [-0.05, 0) is 24.3 Å². The summed E-state index contributed by atoms with van der Waals surface area (Å²) in [6, 6.07) is 10.1. The van der Waals surface area contributed by atoms with E-state index >= 15 is 0 Å². The average Bonchev–Trinajstić information content (AvgIpc) is 2.92. The first-order valence-electron chi connectivity index (χ1n) is 6.47. The molecule has 1 amide bonds. The van der Waals surface area contributed by atoms with E-state index in [0.717, 1.165) is 12.1 Å². The summed E-state index contributed by atoms with van der Waals surface area (Å²) >= 11 is 5.55. The van der Waals surface area contributed by atoms with E-state index in [1.165, 1.54) is 6.07 Å². The second-order valence-corrected chi connectivity index (χ2v) is 5.17. The second-order valence-electron chi connectivity index (χ2n) is 4.76. The minimum absolute atomic E-state index is 0.0150. The van der Waals surface area contributed by atoms with Crippen molar-refractivity contribution < 1.29 is 18.0 Å². The van der Waals surface area contributed by atoms with Gasteiger partial charge in [0.1, 0.15) is 0 Å². The summed E-state index contributed by atoms with van der Waals surface area (Å²) in [6.07, 6.45) is -4.60. The number of hydrogen-bond donors (Lipinski definition) is 2. The topological polar surface area (TPSA) is 57.8 Å². The van der Waals surface area contributed by atoms with Crippen LogP contribution in [-0.2, 0) is 6.18 Å². The Morgan fingerprint density at radius 3 is 2.65 bits per heavy atom. The van der Waals surface area contributed by atoms with Crippen LogP contribution < -0.4 is 5.32 Å². The number of alkyl halides is 3. The molecule has 0 spiro atoms. The summed E-state index contributed by atoms with van der Waals surface area (Å²) < 4.78 is 38.5. The molecule has 23 heavy (non-hydrogen) atoms. The molecule has 8 heteroatoms. The molecule has 1 heterocycles. The predicted molar refractivity (Wildman–Crippen MR) is 80.5 cm³/mol. The number of para-hydroxylation sites is 1. The number of carbonyl (C=O) groups is 1. The average molecular weight is 340 g/mol. The lowest BCUT2D eigenvalue weighted by Crippen LogP contribution is -2.14. The number of fused-ring (bicyclic) bond motifs is 1. The summed E-state index contributed by atoms with van der Waals surface area (Å²) in [6.45, 7) is 0. The molecule has 118 valence electrons. The number of carbonyl (C=O) groups excluding carboxylic acids is 1. The Kier molecular flexibility index (Phi) is 3.73. The SMILES string of the molecule is O=C(Nc1ccc(Cl)c(C(F)(F)F)c1)c1n[nH]c2ccccc12. The number of amides is 1. The lowest BCUT2D eigenvalue weighted by atomic mass is 10.1. The number of halogens is 4. The maximum Gasteiger partial charge on any atom is 0.417 e. The first-order chi connectivity index (χ1) is 10.9. The molecule has 4 nitrogen and oxygen atoms in total. The molecule has 2 aromatic carbocycles. The van der Waals surface area contributed by atoms with Crippen molar-refractivity contribution in [1.29, 1.82) is 0 Å². The molecule has 0 aliphatic heterocycles. The highest BCUT2D eigenvalue weighted by Crippen LogP contribution is 2.36. The molecule has 3 rings (SSSR count). The third-order valence-corrected chi connectivity index (χ3v) is 3.54. The number of nitrogens with zero attached hydrogens (tertiary/aromatic N) is 1. The van der Waals surface area contributed by atoms with Gasteiger partial charge in [0.15, 0.2) is 5.69 Å². The van der Waals surface area contributed by atoms with Gasteiger partial charge in [-0.1, -0.05) is 29.8 Å². The van der Waals surface area contributed by atoms with E-state index in [9.17, 15) is 18.0 Å². The summed E-state index contributed by atoms with van der Waals surface area (Å²) in [5.74, 6) is -0.613. The second kappa shape index (κ2) is 5.58. The van der Waals surface area contributed by atoms with Gasteiger partial charge >= 0.3 is 6.18 Å². The maximum atomic E-state index is 12.8. The number of rotatable bonds is 2. The van der Waals surface area contributed by atoms with Gasteiger partial charge in [0.25, 0.3) is 5.91 Å². The highest BCUT2D eigenvalue weighted by atomic mass is 35.5. The van der Waals surface area contributed by atoms with Gasteiger partial charge in [0.2, 0.25) is 0 Å². The Morgan fingerprint density at radius 1 is 1.17 bits per heavy atom. The fraction of sp³-hybridized carbons (Fsp3) is 0.0667. The molecular formula is C15H9ClF3N3O. The van der Waals surface area contributed by atoms with E-state index in [2.05, 4.69) is 15.5 Å². The van der Waals surface area contributed by atoms with Crippen molar-refractivity contribution in [1.82, 2.24) is 10.2 Å². The van der Waals surface area contributed by atoms with Gasteiger partial charge in [-0.2, -0.15) is 18.3 Å². The van der Waals surface area contributed by atoms with Crippen molar-refractivity contribution >= 4 is 34.1 Å². The molecule has 0 saturated carbocycles. The van der Waals surface area contributed by atoms with Crippen molar-refractivity contribution in [2.24, 2.45) is 0 Å². The van der Waals surface area contributed by atoms with Crippen LogP contribution in [-0.4, -0.2) is 16.1 Å². The van der Waals surface area contributed by atoms with Gasteiger partial charge in [0.05, 0.1) is 16.1 Å². The molecule has 0 aliphatic rings. The van der Waals surface area contributed by atoms with Crippen LogP contribution >= 0.6 is 11.6 Å². The van der Waals surface area contributed by atoms with Crippen molar-refractivity contribution in [3.05, 3.63) is 58.7 Å². The monoisotopic (exact) mass is 339 g/mol. The van der Waals surface area contributed by atoms with Crippen molar-refractivity contribution in [2.45, 2.75) is 6.18 Å². The third kappa shape index (κ3) is 3.00. The Balaban J connectivity index is 1.92. The zero-order valence-corrected chi connectivity index (χ0v) is 12.2. The number of nitrogens with one attached hydrogen (secondary N) is 2. The Morgan fingerprint density at radius 2 is 1.91 bits per heavy atom. The number of benzene rings is 2. The van der Waals surface area contributed by atoms with Gasteiger partial charge < -0.3 is 5.32 Å². The van der Waals surface area contributed by atoms with Gasteiger partial charge in [-0.3, -0.25) is 9.89 Å². The fourth-order valence-electron chi connectivity index (χ4n) is 2.15. The molecule has 1 aromatic heterocycles. The third-order valence-electron chi connectivity index (χ3n) is 3.22. The first kappa shape index (κ1) is 15.4. The van der Waals surface area contributed by atoms with Crippen molar-refractivity contribution in [2.75, 3.05) is 5.32 Å². The van der Waals surface area contributed by atoms with E-state index in [-0.39, 0.29) is 11.4 Å². The molecule has 0 bridgehead atoms.